The first-order valence-electron chi connectivity index (χ1n) is 7.68. The number of benzene rings is 1. The van der Waals surface area contributed by atoms with E-state index in [0.717, 1.165) is 19.3 Å². The lowest BCUT2D eigenvalue weighted by Crippen LogP contribution is -2.63. The molecule has 1 saturated carbocycles. The summed E-state index contributed by atoms with van der Waals surface area (Å²) in [6.45, 7) is 4.19. The summed E-state index contributed by atoms with van der Waals surface area (Å²) in [5.74, 6) is -0.298. The Morgan fingerprint density at radius 1 is 1.26 bits per heavy atom. The van der Waals surface area contributed by atoms with Gasteiger partial charge < -0.3 is 4.90 Å². The Hall–Kier alpha value is -1.33. The fraction of sp³-hybridized carbons (Fsp3) is 0.412. The van der Waals surface area contributed by atoms with Gasteiger partial charge in [-0.25, -0.2) is 9.69 Å². The molecule has 1 aliphatic carbocycles. The van der Waals surface area contributed by atoms with Crippen LogP contribution in [0.4, 0.5) is 10.5 Å². The predicted octanol–water partition coefficient (Wildman–Crippen LogP) is 4.23. The molecule has 1 heterocycles. The van der Waals surface area contributed by atoms with Crippen molar-refractivity contribution in [2.75, 3.05) is 11.4 Å². The highest BCUT2D eigenvalue weighted by Crippen LogP contribution is 2.38. The molecule has 0 radical (unpaired) electrons. The molecule has 0 N–H and O–H groups in total. The Balaban J connectivity index is 1.98. The molecule has 1 aliphatic heterocycles. The molecule has 2 aliphatic rings. The molecule has 4 nitrogen and oxygen atoms in total. The zero-order valence-corrected chi connectivity index (χ0v) is 15.0. The number of amides is 3. The van der Waals surface area contributed by atoms with E-state index in [1.165, 1.54) is 4.90 Å². The maximum atomic E-state index is 12.9. The number of carbonyl (C=O) groups excluding carboxylic acids is 2. The Morgan fingerprint density at radius 2 is 1.96 bits per heavy atom. The normalized spacial score (nSPS) is 27.8. The van der Waals surface area contributed by atoms with Crippen molar-refractivity contribution < 1.29 is 9.59 Å². The standard InChI is InChI=1S/C17H18BrClN2O2/c1-2-9-20-15-8-3-11(18)10-14(15)16(22)21(17(20)23)13-6-4-12(19)5-7-13/h2,4-7,11,14-15H,1,3,8-10H2. The minimum atomic E-state index is -0.272. The first-order chi connectivity index (χ1) is 11.0. The van der Waals surface area contributed by atoms with Crippen molar-refractivity contribution >= 4 is 45.2 Å². The third-order valence-corrected chi connectivity index (χ3v) is 5.62. The van der Waals surface area contributed by atoms with Gasteiger partial charge in [-0.15, -0.1) is 6.58 Å². The maximum Gasteiger partial charge on any atom is 0.331 e. The Bertz CT molecular complexity index is 634. The third-order valence-electron chi connectivity index (χ3n) is 4.54. The number of urea groups is 1. The molecule has 0 spiro atoms. The van der Waals surface area contributed by atoms with Gasteiger partial charge in [-0.3, -0.25) is 4.79 Å². The molecule has 2 fully saturated rings. The molecule has 3 atom stereocenters. The number of rotatable bonds is 3. The summed E-state index contributed by atoms with van der Waals surface area (Å²) in [7, 11) is 0. The van der Waals surface area contributed by atoms with Crippen LogP contribution in [-0.2, 0) is 4.79 Å². The summed E-state index contributed by atoms with van der Waals surface area (Å²) in [6, 6.07) is 6.49. The molecule has 3 rings (SSSR count). The van der Waals surface area contributed by atoms with Crippen LogP contribution in [0.5, 0.6) is 0 Å². The number of fused-ring (bicyclic) bond motifs is 1. The summed E-state index contributed by atoms with van der Waals surface area (Å²) < 4.78 is 0. The zero-order valence-electron chi connectivity index (χ0n) is 12.6. The van der Waals surface area contributed by atoms with E-state index in [9.17, 15) is 9.59 Å². The molecule has 0 aromatic heterocycles. The highest BCUT2D eigenvalue weighted by atomic mass is 79.9. The Kier molecular flexibility index (Phi) is 4.78. The number of hydrogen-bond acceptors (Lipinski definition) is 2. The number of nitrogens with zero attached hydrogens (tertiary/aromatic N) is 2. The van der Waals surface area contributed by atoms with E-state index in [4.69, 9.17) is 11.6 Å². The largest absolute Gasteiger partial charge is 0.331 e. The third kappa shape index (κ3) is 3.04. The molecule has 1 saturated heterocycles. The number of imide groups is 1. The molecule has 23 heavy (non-hydrogen) atoms. The minimum absolute atomic E-state index is 0.0367. The highest BCUT2D eigenvalue weighted by molar-refractivity contribution is 9.09. The van der Waals surface area contributed by atoms with Gasteiger partial charge in [0.25, 0.3) is 0 Å². The van der Waals surface area contributed by atoms with Crippen LogP contribution in [0, 0.1) is 5.92 Å². The van der Waals surface area contributed by atoms with Crippen LogP contribution >= 0.6 is 27.5 Å². The second-order valence-electron chi connectivity index (χ2n) is 5.96. The van der Waals surface area contributed by atoms with Gasteiger partial charge >= 0.3 is 6.03 Å². The summed E-state index contributed by atoms with van der Waals surface area (Å²) in [6.07, 6.45) is 4.26. The first kappa shape index (κ1) is 16.5. The fourth-order valence-electron chi connectivity index (χ4n) is 3.45. The molecule has 6 heteroatoms. The highest BCUT2D eigenvalue weighted by Gasteiger charge is 2.48. The van der Waals surface area contributed by atoms with E-state index < -0.39 is 0 Å². The topological polar surface area (TPSA) is 40.6 Å². The summed E-state index contributed by atoms with van der Waals surface area (Å²) in [5, 5.41) is 0.574. The molecule has 0 bridgehead atoms. The molecule has 3 unspecified atom stereocenters. The van der Waals surface area contributed by atoms with Gasteiger partial charge in [-0.2, -0.15) is 0 Å². The maximum absolute atomic E-state index is 12.9. The monoisotopic (exact) mass is 396 g/mol. The van der Waals surface area contributed by atoms with Gasteiger partial charge in [0.1, 0.15) is 0 Å². The quantitative estimate of drug-likeness (QED) is 0.566. The second kappa shape index (κ2) is 6.65. The fourth-order valence-corrected chi connectivity index (χ4v) is 4.25. The van der Waals surface area contributed by atoms with E-state index >= 15 is 0 Å². The van der Waals surface area contributed by atoms with E-state index in [1.54, 1.807) is 35.2 Å². The summed E-state index contributed by atoms with van der Waals surface area (Å²) in [5.41, 5.74) is 0.564. The van der Waals surface area contributed by atoms with Crippen molar-refractivity contribution in [3.63, 3.8) is 0 Å². The molecule has 1 aromatic carbocycles. The number of anilines is 1. The predicted molar refractivity (Wildman–Crippen MR) is 95.1 cm³/mol. The first-order valence-corrected chi connectivity index (χ1v) is 8.97. The molecule has 3 amide bonds. The van der Waals surface area contributed by atoms with Gasteiger partial charge in [-0.1, -0.05) is 33.6 Å². The molecule has 1 aromatic rings. The van der Waals surface area contributed by atoms with Crippen LogP contribution < -0.4 is 4.90 Å². The van der Waals surface area contributed by atoms with Crippen molar-refractivity contribution in [1.29, 1.82) is 0 Å². The Labute approximate surface area is 149 Å². The number of hydrogen-bond donors (Lipinski definition) is 0. The van der Waals surface area contributed by atoms with Gasteiger partial charge in [0.05, 0.1) is 11.6 Å². The van der Waals surface area contributed by atoms with E-state index in [-0.39, 0.29) is 23.9 Å². The van der Waals surface area contributed by atoms with Crippen molar-refractivity contribution in [1.82, 2.24) is 4.90 Å². The number of halogens is 2. The average molecular weight is 398 g/mol. The van der Waals surface area contributed by atoms with Crippen molar-refractivity contribution in [3.05, 3.63) is 41.9 Å². The smallest absolute Gasteiger partial charge is 0.316 e. The summed E-state index contributed by atoms with van der Waals surface area (Å²) in [4.78, 5) is 29.2. The van der Waals surface area contributed by atoms with Crippen LogP contribution in [0.2, 0.25) is 5.02 Å². The van der Waals surface area contributed by atoms with E-state index in [0.29, 0.717) is 22.1 Å². The molecule has 122 valence electrons. The SMILES string of the molecule is C=CCN1C(=O)N(c2ccc(Cl)cc2)C(=O)C2CC(Br)CCC21. The van der Waals surface area contributed by atoms with Crippen LogP contribution in [0.1, 0.15) is 19.3 Å². The van der Waals surface area contributed by atoms with Crippen LogP contribution in [0.3, 0.4) is 0 Å². The molecular formula is C17H18BrClN2O2. The van der Waals surface area contributed by atoms with Crippen LogP contribution in [-0.4, -0.2) is 34.3 Å². The lowest BCUT2D eigenvalue weighted by Gasteiger charge is -2.47. The van der Waals surface area contributed by atoms with Crippen molar-refractivity contribution in [3.8, 4) is 0 Å². The van der Waals surface area contributed by atoms with Gasteiger partial charge in [0, 0.05) is 22.4 Å². The van der Waals surface area contributed by atoms with Crippen LogP contribution in [0.25, 0.3) is 0 Å². The second-order valence-corrected chi connectivity index (χ2v) is 7.69. The average Bonchev–Trinajstić information content (AvgIpc) is 2.53. The van der Waals surface area contributed by atoms with Gasteiger partial charge in [-0.05, 0) is 43.5 Å². The van der Waals surface area contributed by atoms with Crippen molar-refractivity contribution in [2.45, 2.75) is 30.1 Å². The number of alkyl halides is 1. The number of carbonyl (C=O) groups is 2. The van der Waals surface area contributed by atoms with Gasteiger partial charge in [0.2, 0.25) is 5.91 Å². The molecular weight excluding hydrogens is 380 g/mol. The van der Waals surface area contributed by atoms with E-state index in [2.05, 4.69) is 22.5 Å². The minimum Gasteiger partial charge on any atom is -0.316 e. The zero-order chi connectivity index (χ0) is 16.6. The lowest BCUT2D eigenvalue weighted by atomic mass is 9.81. The van der Waals surface area contributed by atoms with Crippen molar-refractivity contribution in [2.24, 2.45) is 5.92 Å². The summed E-state index contributed by atoms with van der Waals surface area (Å²) >= 11 is 9.54. The van der Waals surface area contributed by atoms with E-state index in [1.807, 2.05) is 0 Å². The Morgan fingerprint density at radius 3 is 2.61 bits per heavy atom. The lowest BCUT2D eigenvalue weighted by molar-refractivity contribution is -0.126. The van der Waals surface area contributed by atoms with Crippen LogP contribution in [0.15, 0.2) is 36.9 Å². The van der Waals surface area contributed by atoms with Gasteiger partial charge in [0.15, 0.2) is 0 Å².